The van der Waals surface area contributed by atoms with Gasteiger partial charge in [0.2, 0.25) is 11.8 Å². The summed E-state index contributed by atoms with van der Waals surface area (Å²) in [5, 5.41) is 8.52. The van der Waals surface area contributed by atoms with Gasteiger partial charge in [0.05, 0.1) is 12.0 Å². The first-order valence-electron chi connectivity index (χ1n) is 6.34. The minimum absolute atomic E-state index is 0.0319. The van der Waals surface area contributed by atoms with Crippen molar-refractivity contribution in [2.24, 2.45) is 5.41 Å². The highest BCUT2D eigenvalue weighted by Crippen LogP contribution is 2.34. The number of carbonyl (C=O) groups excluding carboxylic acids is 2. The van der Waals surface area contributed by atoms with Gasteiger partial charge in [0.15, 0.2) is 0 Å². The minimum Gasteiger partial charge on any atom is -0.358 e. The maximum atomic E-state index is 12.2. The molecule has 1 saturated heterocycles. The van der Waals surface area contributed by atoms with Crippen LogP contribution in [0.3, 0.4) is 0 Å². The fraction of sp³-hybridized carbons (Fsp3) is 0.833. The molecular weight excluding hydrogens is 218 g/mol. The SMILES string of the molecule is CCCC1(C(=O)NCC(=O)NC)CCNCC1. The molecule has 1 heterocycles. The summed E-state index contributed by atoms with van der Waals surface area (Å²) >= 11 is 0. The normalized spacial score (nSPS) is 18.5. The molecule has 0 bridgehead atoms. The maximum Gasteiger partial charge on any atom is 0.239 e. The predicted octanol–water partition coefficient (Wildman–Crippen LogP) is 0.0185. The van der Waals surface area contributed by atoms with Crippen molar-refractivity contribution in [3.8, 4) is 0 Å². The lowest BCUT2D eigenvalue weighted by molar-refractivity contribution is -0.135. The summed E-state index contributed by atoms with van der Waals surface area (Å²) in [5.74, 6) is -0.122. The fourth-order valence-electron chi connectivity index (χ4n) is 2.41. The van der Waals surface area contributed by atoms with Crippen molar-refractivity contribution in [3.05, 3.63) is 0 Å². The molecule has 0 unspecified atom stereocenters. The first kappa shape index (κ1) is 14.0. The number of amides is 2. The molecule has 1 fully saturated rings. The van der Waals surface area contributed by atoms with Crippen LogP contribution >= 0.6 is 0 Å². The molecule has 17 heavy (non-hydrogen) atoms. The summed E-state index contributed by atoms with van der Waals surface area (Å²) in [4.78, 5) is 23.3. The Hall–Kier alpha value is -1.10. The van der Waals surface area contributed by atoms with E-state index in [1.54, 1.807) is 7.05 Å². The molecular formula is C12H23N3O2. The number of carbonyl (C=O) groups is 2. The molecule has 0 atom stereocenters. The third-order valence-corrected chi connectivity index (χ3v) is 3.46. The third kappa shape index (κ3) is 3.70. The van der Waals surface area contributed by atoms with Crippen LogP contribution in [0.1, 0.15) is 32.6 Å². The molecule has 1 aliphatic rings. The van der Waals surface area contributed by atoms with Gasteiger partial charge in [-0.15, -0.1) is 0 Å². The Labute approximate surface area is 103 Å². The Morgan fingerprint density at radius 3 is 2.47 bits per heavy atom. The summed E-state index contributed by atoms with van der Waals surface area (Å²) in [6.07, 6.45) is 3.61. The summed E-state index contributed by atoms with van der Waals surface area (Å²) < 4.78 is 0. The Kier molecular flexibility index (Phi) is 5.41. The molecule has 3 N–H and O–H groups in total. The number of nitrogens with one attached hydrogen (secondary N) is 3. The molecule has 0 aromatic carbocycles. The number of hydrogen-bond donors (Lipinski definition) is 3. The molecule has 5 heteroatoms. The van der Waals surface area contributed by atoms with Crippen LogP contribution in [-0.4, -0.2) is 38.5 Å². The second kappa shape index (κ2) is 6.59. The average Bonchev–Trinajstić information content (AvgIpc) is 2.36. The molecule has 0 aliphatic carbocycles. The van der Waals surface area contributed by atoms with Crippen LogP contribution in [0.5, 0.6) is 0 Å². The highest BCUT2D eigenvalue weighted by Gasteiger charge is 2.38. The molecule has 0 aromatic heterocycles. The molecule has 0 saturated carbocycles. The monoisotopic (exact) mass is 241 g/mol. The molecule has 2 amide bonds. The van der Waals surface area contributed by atoms with E-state index in [2.05, 4.69) is 22.9 Å². The van der Waals surface area contributed by atoms with Crippen LogP contribution in [0.25, 0.3) is 0 Å². The van der Waals surface area contributed by atoms with Crippen LogP contribution in [0.4, 0.5) is 0 Å². The van der Waals surface area contributed by atoms with Crippen molar-refractivity contribution < 1.29 is 9.59 Å². The largest absolute Gasteiger partial charge is 0.358 e. The quantitative estimate of drug-likeness (QED) is 0.635. The van der Waals surface area contributed by atoms with E-state index >= 15 is 0 Å². The van der Waals surface area contributed by atoms with E-state index in [0.717, 1.165) is 38.8 Å². The summed E-state index contributed by atoms with van der Waals surface area (Å²) in [6, 6.07) is 0. The van der Waals surface area contributed by atoms with Crippen LogP contribution in [0, 0.1) is 5.41 Å². The van der Waals surface area contributed by atoms with E-state index in [1.165, 1.54) is 0 Å². The van der Waals surface area contributed by atoms with E-state index in [4.69, 9.17) is 0 Å². The van der Waals surface area contributed by atoms with Crippen molar-refractivity contribution in [3.63, 3.8) is 0 Å². The van der Waals surface area contributed by atoms with Crippen molar-refractivity contribution >= 4 is 11.8 Å². The van der Waals surface area contributed by atoms with Gasteiger partial charge in [0.1, 0.15) is 0 Å². The van der Waals surface area contributed by atoms with Gasteiger partial charge in [-0.2, -0.15) is 0 Å². The topological polar surface area (TPSA) is 70.2 Å². The first-order valence-corrected chi connectivity index (χ1v) is 6.34. The van der Waals surface area contributed by atoms with Gasteiger partial charge in [-0.25, -0.2) is 0 Å². The van der Waals surface area contributed by atoms with Gasteiger partial charge in [-0.3, -0.25) is 9.59 Å². The van der Waals surface area contributed by atoms with Gasteiger partial charge in [-0.1, -0.05) is 13.3 Å². The van der Waals surface area contributed by atoms with E-state index in [1.807, 2.05) is 0 Å². The lowest BCUT2D eigenvalue weighted by atomic mass is 9.74. The zero-order valence-corrected chi connectivity index (χ0v) is 10.8. The van der Waals surface area contributed by atoms with E-state index in [9.17, 15) is 9.59 Å². The first-order chi connectivity index (χ1) is 8.14. The Balaban J connectivity index is 2.56. The molecule has 0 spiro atoms. The maximum absolute atomic E-state index is 12.2. The smallest absolute Gasteiger partial charge is 0.239 e. The lowest BCUT2D eigenvalue weighted by Crippen LogP contribution is -2.49. The molecule has 0 radical (unpaired) electrons. The summed E-state index contributed by atoms with van der Waals surface area (Å²) in [5.41, 5.74) is -0.270. The zero-order valence-electron chi connectivity index (χ0n) is 10.8. The molecule has 1 aliphatic heterocycles. The highest BCUT2D eigenvalue weighted by atomic mass is 16.2. The van der Waals surface area contributed by atoms with Crippen molar-refractivity contribution in [1.82, 2.24) is 16.0 Å². The lowest BCUT2D eigenvalue weighted by Gasteiger charge is -2.36. The van der Waals surface area contributed by atoms with E-state index < -0.39 is 0 Å². The van der Waals surface area contributed by atoms with Crippen molar-refractivity contribution in [1.29, 1.82) is 0 Å². The van der Waals surface area contributed by atoms with Gasteiger partial charge < -0.3 is 16.0 Å². The van der Waals surface area contributed by atoms with E-state index in [0.29, 0.717) is 0 Å². The summed E-state index contributed by atoms with van der Waals surface area (Å²) in [6.45, 7) is 3.94. The van der Waals surface area contributed by atoms with E-state index in [-0.39, 0.29) is 23.8 Å². The Morgan fingerprint density at radius 2 is 1.94 bits per heavy atom. The number of likely N-dealkylation sites (N-methyl/N-ethyl adjacent to an activating group) is 1. The highest BCUT2D eigenvalue weighted by molar-refractivity contribution is 5.87. The second-order valence-corrected chi connectivity index (χ2v) is 4.64. The Bertz CT molecular complexity index is 267. The van der Waals surface area contributed by atoms with Crippen molar-refractivity contribution in [2.75, 3.05) is 26.7 Å². The van der Waals surface area contributed by atoms with Gasteiger partial charge in [0.25, 0.3) is 0 Å². The van der Waals surface area contributed by atoms with Crippen molar-refractivity contribution in [2.45, 2.75) is 32.6 Å². The van der Waals surface area contributed by atoms with Crippen LogP contribution in [0.2, 0.25) is 0 Å². The number of rotatable bonds is 5. The molecule has 1 rings (SSSR count). The number of piperidine rings is 1. The molecule has 5 nitrogen and oxygen atoms in total. The second-order valence-electron chi connectivity index (χ2n) is 4.64. The Morgan fingerprint density at radius 1 is 1.29 bits per heavy atom. The molecule has 98 valence electrons. The van der Waals surface area contributed by atoms with Gasteiger partial charge >= 0.3 is 0 Å². The standard InChI is InChI=1S/C12H23N3O2/c1-3-4-12(5-7-14-8-6-12)11(17)15-9-10(16)13-2/h14H,3-9H2,1-2H3,(H,13,16)(H,15,17). The van der Waals surface area contributed by atoms with Crippen LogP contribution in [0.15, 0.2) is 0 Å². The fourth-order valence-corrected chi connectivity index (χ4v) is 2.41. The van der Waals surface area contributed by atoms with Gasteiger partial charge in [0, 0.05) is 7.05 Å². The molecule has 0 aromatic rings. The zero-order chi connectivity index (χ0) is 12.7. The summed E-state index contributed by atoms with van der Waals surface area (Å²) in [7, 11) is 1.57. The van der Waals surface area contributed by atoms with Gasteiger partial charge in [-0.05, 0) is 32.4 Å². The van der Waals surface area contributed by atoms with Crippen LogP contribution in [-0.2, 0) is 9.59 Å². The number of hydrogen-bond acceptors (Lipinski definition) is 3. The predicted molar refractivity (Wildman–Crippen MR) is 66.5 cm³/mol. The third-order valence-electron chi connectivity index (χ3n) is 3.46. The van der Waals surface area contributed by atoms with Crippen LogP contribution < -0.4 is 16.0 Å². The minimum atomic E-state index is -0.270. The average molecular weight is 241 g/mol.